The summed E-state index contributed by atoms with van der Waals surface area (Å²) in [4.78, 5) is 10.8. The van der Waals surface area contributed by atoms with Gasteiger partial charge in [0.15, 0.2) is 0 Å². The van der Waals surface area contributed by atoms with E-state index in [2.05, 4.69) is 19.2 Å². The van der Waals surface area contributed by atoms with Gasteiger partial charge >= 0.3 is 5.97 Å². The predicted octanol–water partition coefficient (Wildman–Crippen LogP) is 4.28. The molecule has 0 fully saturated rings. The molecule has 0 aromatic heterocycles. The van der Waals surface area contributed by atoms with Gasteiger partial charge < -0.3 is 10.4 Å². The van der Waals surface area contributed by atoms with Crippen molar-refractivity contribution in [1.82, 2.24) is 0 Å². The number of unbranched alkanes of at least 4 members (excludes halogenated alkanes) is 1. The number of aromatic carboxylic acids is 1. The fourth-order valence-electron chi connectivity index (χ4n) is 1.71. The molecule has 0 radical (unpaired) electrons. The van der Waals surface area contributed by atoms with E-state index in [1.807, 2.05) is 0 Å². The van der Waals surface area contributed by atoms with Gasteiger partial charge in [-0.3, -0.25) is 0 Å². The average Bonchev–Trinajstić information content (AvgIpc) is 2.27. The van der Waals surface area contributed by atoms with Gasteiger partial charge in [0, 0.05) is 12.2 Å². The van der Waals surface area contributed by atoms with Crippen molar-refractivity contribution < 1.29 is 9.90 Å². The number of hydrogen-bond donors (Lipinski definition) is 2. The summed E-state index contributed by atoms with van der Waals surface area (Å²) < 4.78 is 0. The number of benzene rings is 1. The Morgan fingerprint density at radius 3 is 2.67 bits per heavy atom. The van der Waals surface area contributed by atoms with Crippen molar-refractivity contribution in [3.05, 3.63) is 28.8 Å². The Hall–Kier alpha value is -1.22. The number of carboxylic acid groups (broad SMARTS) is 1. The zero-order valence-corrected chi connectivity index (χ0v) is 11.6. The summed E-state index contributed by atoms with van der Waals surface area (Å²) in [6.07, 6.45) is 3.54. The molecule has 1 aromatic carbocycles. The van der Waals surface area contributed by atoms with E-state index in [4.69, 9.17) is 16.7 Å². The highest BCUT2D eigenvalue weighted by Gasteiger charge is 2.08. The second-order valence-corrected chi connectivity index (χ2v) is 5.22. The molecule has 0 amide bonds. The average molecular weight is 270 g/mol. The first-order valence-electron chi connectivity index (χ1n) is 6.27. The summed E-state index contributed by atoms with van der Waals surface area (Å²) in [7, 11) is 0. The normalized spacial score (nSPS) is 10.7. The van der Waals surface area contributed by atoms with Crippen LogP contribution in [-0.4, -0.2) is 17.6 Å². The minimum Gasteiger partial charge on any atom is -0.478 e. The third kappa shape index (κ3) is 4.96. The van der Waals surface area contributed by atoms with Crippen LogP contribution in [0.3, 0.4) is 0 Å². The molecule has 4 heteroatoms. The van der Waals surface area contributed by atoms with E-state index in [1.54, 1.807) is 12.1 Å². The molecule has 1 rings (SSSR count). The summed E-state index contributed by atoms with van der Waals surface area (Å²) in [5, 5.41) is 12.4. The molecule has 0 aliphatic carbocycles. The maximum absolute atomic E-state index is 10.8. The second kappa shape index (κ2) is 7.27. The Kier molecular flexibility index (Phi) is 5.99. The van der Waals surface area contributed by atoms with E-state index in [9.17, 15) is 4.79 Å². The van der Waals surface area contributed by atoms with Crippen LogP contribution >= 0.6 is 11.6 Å². The standard InChI is InChI=1S/C14H20ClNO2/c1-10(2)5-3-4-8-16-11-6-7-12(14(17)18)13(15)9-11/h6-7,9-10,16H,3-5,8H2,1-2H3,(H,17,18). The van der Waals surface area contributed by atoms with Gasteiger partial charge in [-0.25, -0.2) is 4.79 Å². The number of carboxylic acids is 1. The molecule has 0 unspecified atom stereocenters. The smallest absolute Gasteiger partial charge is 0.337 e. The monoisotopic (exact) mass is 269 g/mol. The van der Waals surface area contributed by atoms with Crippen molar-refractivity contribution in [3.63, 3.8) is 0 Å². The van der Waals surface area contributed by atoms with Gasteiger partial charge in [-0.2, -0.15) is 0 Å². The summed E-state index contributed by atoms with van der Waals surface area (Å²) in [5.41, 5.74) is 1.01. The number of hydrogen-bond acceptors (Lipinski definition) is 2. The SMILES string of the molecule is CC(C)CCCCNc1ccc(C(=O)O)c(Cl)c1. The van der Waals surface area contributed by atoms with Crippen LogP contribution in [0.4, 0.5) is 5.69 Å². The Labute approximate surface area is 113 Å². The molecule has 100 valence electrons. The van der Waals surface area contributed by atoms with E-state index in [0.29, 0.717) is 0 Å². The van der Waals surface area contributed by atoms with Crippen LogP contribution in [0.2, 0.25) is 5.02 Å². The lowest BCUT2D eigenvalue weighted by Crippen LogP contribution is -2.03. The molecule has 3 nitrogen and oxygen atoms in total. The fourth-order valence-corrected chi connectivity index (χ4v) is 1.97. The number of rotatable bonds is 7. The van der Waals surface area contributed by atoms with Crippen LogP contribution in [0.15, 0.2) is 18.2 Å². The number of nitrogens with one attached hydrogen (secondary N) is 1. The van der Waals surface area contributed by atoms with Crippen molar-refractivity contribution in [1.29, 1.82) is 0 Å². The highest BCUT2D eigenvalue weighted by Crippen LogP contribution is 2.21. The lowest BCUT2D eigenvalue weighted by Gasteiger charge is -2.08. The van der Waals surface area contributed by atoms with Crippen LogP contribution < -0.4 is 5.32 Å². The molecule has 0 aliphatic heterocycles. The Balaban J connectivity index is 2.39. The van der Waals surface area contributed by atoms with Crippen molar-refractivity contribution in [2.75, 3.05) is 11.9 Å². The lowest BCUT2D eigenvalue weighted by atomic mass is 10.1. The van der Waals surface area contributed by atoms with Gasteiger partial charge in [0.25, 0.3) is 0 Å². The summed E-state index contributed by atoms with van der Waals surface area (Å²) in [6, 6.07) is 4.94. The van der Waals surface area contributed by atoms with Crippen LogP contribution in [0.25, 0.3) is 0 Å². The number of halogens is 1. The topological polar surface area (TPSA) is 49.3 Å². The first-order chi connectivity index (χ1) is 8.50. The van der Waals surface area contributed by atoms with Gasteiger partial charge in [-0.1, -0.05) is 38.3 Å². The number of carbonyl (C=O) groups is 1. The van der Waals surface area contributed by atoms with Gasteiger partial charge in [0.2, 0.25) is 0 Å². The van der Waals surface area contributed by atoms with Crippen LogP contribution in [0.1, 0.15) is 43.5 Å². The minimum atomic E-state index is -0.997. The van der Waals surface area contributed by atoms with Crippen molar-refractivity contribution in [3.8, 4) is 0 Å². The molecule has 2 N–H and O–H groups in total. The molecule has 18 heavy (non-hydrogen) atoms. The van der Waals surface area contributed by atoms with Crippen LogP contribution in [0.5, 0.6) is 0 Å². The third-order valence-electron chi connectivity index (χ3n) is 2.74. The highest BCUT2D eigenvalue weighted by molar-refractivity contribution is 6.33. The van der Waals surface area contributed by atoms with Crippen LogP contribution in [-0.2, 0) is 0 Å². The minimum absolute atomic E-state index is 0.141. The Morgan fingerprint density at radius 1 is 1.39 bits per heavy atom. The number of anilines is 1. The molecule has 0 saturated heterocycles. The first kappa shape index (κ1) is 14.8. The molecule has 0 bridgehead atoms. The maximum atomic E-state index is 10.8. The molecular weight excluding hydrogens is 250 g/mol. The lowest BCUT2D eigenvalue weighted by molar-refractivity contribution is 0.0697. The van der Waals surface area contributed by atoms with Crippen molar-refractivity contribution in [2.24, 2.45) is 5.92 Å². The van der Waals surface area contributed by atoms with Crippen molar-refractivity contribution in [2.45, 2.75) is 33.1 Å². The van der Waals surface area contributed by atoms with E-state index in [0.717, 1.165) is 24.6 Å². The van der Waals surface area contributed by atoms with Gasteiger partial charge in [-0.15, -0.1) is 0 Å². The molecule has 1 aromatic rings. The zero-order valence-electron chi connectivity index (χ0n) is 10.9. The first-order valence-corrected chi connectivity index (χ1v) is 6.65. The van der Waals surface area contributed by atoms with E-state index >= 15 is 0 Å². The molecule has 0 spiro atoms. The quantitative estimate of drug-likeness (QED) is 0.727. The van der Waals surface area contributed by atoms with E-state index < -0.39 is 5.97 Å². The zero-order chi connectivity index (χ0) is 13.5. The molecular formula is C14H20ClNO2. The van der Waals surface area contributed by atoms with E-state index in [1.165, 1.54) is 18.9 Å². The molecule has 0 atom stereocenters. The Morgan fingerprint density at radius 2 is 2.11 bits per heavy atom. The molecule has 0 heterocycles. The summed E-state index contributed by atoms with van der Waals surface area (Å²) in [5.74, 6) is -0.252. The third-order valence-corrected chi connectivity index (χ3v) is 3.05. The highest BCUT2D eigenvalue weighted by atomic mass is 35.5. The predicted molar refractivity (Wildman–Crippen MR) is 75.6 cm³/mol. The molecule has 0 saturated carbocycles. The van der Waals surface area contributed by atoms with Gasteiger partial charge in [0.05, 0.1) is 10.6 Å². The maximum Gasteiger partial charge on any atom is 0.337 e. The largest absolute Gasteiger partial charge is 0.478 e. The summed E-state index contributed by atoms with van der Waals surface area (Å²) in [6.45, 7) is 5.32. The van der Waals surface area contributed by atoms with E-state index in [-0.39, 0.29) is 10.6 Å². The van der Waals surface area contributed by atoms with Crippen molar-refractivity contribution >= 4 is 23.3 Å². The van der Waals surface area contributed by atoms with Gasteiger partial charge in [0.1, 0.15) is 0 Å². The fraction of sp³-hybridized carbons (Fsp3) is 0.500. The van der Waals surface area contributed by atoms with Crippen LogP contribution in [0, 0.1) is 5.92 Å². The summed E-state index contributed by atoms with van der Waals surface area (Å²) >= 11 is 5.89. The van der Waals surface area contributed by atoms with Gasteiger partial charge in [-0.05, 0) is 30.5 Å². The second-order valence-electron chi connectivity index (χ2n) is 4.82. The Bertz CT molecular complexity index is 405. The molecule has 0 aliphatic rings.